The number of aromatic hydroxyl groups is 1. The van der Waals surface area contributed by atoms with Gasteiger partial charge in [0.05, 0.1) is 21.2 Å². The highest BCUT2D eigenvalue weighted by Gasteiger charge is 2.15. The van der Waals surface area contributed by atoms with Crippen molar-refractivity contribution < 1.29 is 19.5 Å². The van der Waals surface area contributed by atoms with E-state index in [0.29, 0.717) is 4.88 Å². The van der Waals surface area contributed by atoms with Gasteiger partial charge in [-0.05, 0) is 41.8 Å². The highest BCUT2D eigenvalue weighted by Crippen LogP contribution is 2.24. The van der Waals surface area contributed by atoms with Crippen molar-refractivity contribution in [3.63, 3.8) is 0 Å². The average molecular weight is 416 g/mol. The number of phenols is 1. The topological polar surface area (TPSA) is 108 Å². The number of rotatable bonds is 4. The quantitative estimate of drug-likeness (QED) is 0.489. The van der Waals surface area contributed by atoms with Crippen LogP contribution in [0.3, 0.4) is 0 Å². The first-order valence-corrected chi connectivity index (χ1v) is 9.24. The maximum atomic E-state index is 12.3. The van der Waals surface area contributed by atoms with Crippen LogP contribution in [0.25, 0.3) is 0 Å². The predicted octanol–water partition coefficient (Wildman–Crippen LogP) is 3.43. The Balaban J connectivity index is 1.68. The molecule has 0 fully saturated rings. The average Bonchev–Trinajstić information content (AvgIpc) is 3.23. The SMILES string of the molecule is O=C(NNC(=O)c1ccccc1O)c1ccc(Cl)c(NC(=O)c2cccs2)c1. The molecule has 0 unspecified atom stereocenters. The number of anilines is 1. The molecule has 9 heteroatoms. The van der Waals surface area contributed by atoms with Crippen LogP contribution in [-0.2, 0) is 0 Å². The number of nitrogens with one attached hydrogen (secondary N) is 3. The summed E-state index contributed by atoms with van der Waals surface area (Å²) in [6.45, 7) is 0. The van der Waals surface area contributed by atoms with Crippen molar-refractivity contribution in [3.8, 4) is 5.75 Å². The minimum atomic E-state index is -0.674. The fourth-order valence-electron chi connectivity index (χ4n) is 2.27. The van der Waals surface area contributed by atoms with Crippen molar-refractivity contribution in [1.29, 1.82) is 0 Å². The zero-order chi connectivity index (χ0) is 20.1. The number of hydrogen-bond acceptors (Lipinski definition) is 5. The number of benzene rings is 2. The Morgan fingerprint density at radius 1 is 0.893 bits per heavy atom. The summed E-state index contributed by atoms with van der Waals surface area (Å²) in [6, 6.07) is 13.7. The van der Waals surface area contributed by atoms with Crippen LogP contribution < -0.4 is 16.2 Å². The van der Waals surface area contributed by atoms with Crippen molar-refractivity contribution in [2.24, 2.45) is 0 Å². The normalized spacial score (nSPS) is 10.2. The standard InChI is InChI=1S/C19H14ClN3O4S/c20-13-8-7-11(10-14(13)21-19(27)16-6-3-9-28-16)17(25)22-23-18(26)12-4-1-2-5-15(12)24/h1-10,24H,(H,21,27)(H,22,25)(H,23,26). The Kier molecular flexibility index (Phi) is 5.93. The van der Waals surface area contributed by atoms with E-state index in [2.05, 4.69) is 16.2 Å². The lowest BCUT2D eigenvalue weighted by Gasteiger charge is -2.11. The molecule has 3 amide bonds. The molecule has 7 nitrogen and oxygen atoms in total. The van der Waals surface area contributed by atoms with E-state index in [0.717, 1.165) is 0 Å². The third-order valence-corrected chi connectivity index (χ3v) is 4.86. The van der Waals surface area contributed by atoms with Crippen molar-refractivity contribution in [1.82, 2.24) is 10.9 Å². The zero-order valence-corrected chi connectivity index (χ0v) is 15.8. The molecule has 0 radical (unpaired) electrons. The molecule has 3 rings (SSSR count). The Morgan fingerprint density at radius 2 is 1.64 bits per heavy atom. The van der Waals surface area contributed by atoms with Crippen LogP contribution in [0, 0.1) is 0 Å². The largest absolute Gasteiger partial charge is 0.507 e. The van der Waals surface area contributed by atoms with Gasteiger partial charge in [-0.15, -0.1) is 11.3 Å². The van der Waals surface area contributed by atoms with Gasteiger partial charge in [0, 0.05) is 5.56 Å². The van der Waals surface area contributed by atoms with E-state index in [1.165, 1.54) is 41.7 Å². The molecular weight excluding hydrogens is 402 g/mol. The predicted molar refractivity (Wildman–Crippen MR) is 107 cm³/mol. The molecule has 0 saturated heterocycles. The van der Waals surface area contributed by atoms with Crippen LogP contribution >= 0.6 is 22.9 Å². The molecule has 0 atom stereocenters. The Morgan fingerprint density at radius 3 is 2.36 bits per heavy atom. The highest BCUT2D eigenvalue weighted by molar-refractivity contribution is 7.12. The molecule has 4 N–H and O–H groups in total. The summed E-state index contributed by atoms with van der Waals surface area (Å²) < 4.78 is 0. The minimum absolute atomic E-state index is 0.0165. The van der Waals surface area contributed by atoms with Gasteiger partial charge in [-0.3, -0.25) is 25.2 Å². The second-order valence-corrected chi connectivity index (χ2v) is 6.91. The number of hydrogen-bond donors (Lipinski definition) is 4. The molecule has 3 aromatic rings. The fraction of sp³-hybridized carbons (Fsp3) is 0. The smallest absolute Gasteiger partial charge is 0.273 e. The molecule has 0 spiro atoms. The molecule has 0 aliphatic rings. The summed E-state index contributed by atoms with van der Waals surface area (Å²) >= 11 is 7.37. The zero-order valence-electron chi connectivity index (χ0n) is 14.2. The lowest BCUT2D eigenvalue weighted by atomic mass is 10.2. The Bertz CT molecular complexity index is 1040. The number of amides is 3. The van der Waals surface area contributed by atoms with Gasteiger partial charge in [-0.1, -0.05) is 29.8 Å². The van der Waals surface area contributed by atoms with E-state index in [9.17, 15) is 19.5 Å². The van der Waals surface area contributed by atoms with Crippen molar-refractivity contribution in [2.45, 2.75) is 0 Å². The summed E-state index contributed by atoms with van der Waals surface area (Å²) in [6.07, 6.45) is 0. The van der Waals surface area contributed by atoms with E-state index in [-0.39, 0.29) is 33.5 Å². The molecule has 142 valence electrons. The lowest BCUT2D eigenvalue weighted by Crippen LogP contribution is -2.41. The number of phenolic OH excluding ortho intramolecular Hbond substituents is 1. The van der Waals surface area contributed by atoms with Crippen molar-refractivity contribution in [2.75, 3.05) is 5.32 Å². The third-order valence-electron chi connectivity index (χ3n) is 3.66. The van der Waals surface area contributed by atoms with Gasteiger partial charge in [0.15, 0.2) is 0 Å². The summed E-state index contributed by atoms with van der Waals surface area (Å²) in [4.78, 5) is 37.0. The first-order chi connectivity index (χ1) is 13.5. The molecule has 0 aliphatic heterocycles. The van der Waals surface area contributed by atoms with Crippen LogP contribution in [0.4, 0.5) is 5.69 Å². The molecular formula is C19H14ClN3O4S. The number of hydrazine groups is 1. The molecule has 2 aromatic carbocycles. The van der Waals surface area contributed by atoms with E-state index in [1.54, 1.807) is 29.6 Å². The second kappa shape index (κ2) is 8.55. The molecule has 1 heterocycles. The molecule has 1 aromatic heterocycles. The van der Waals surface area contributed by atoms with Gasteiger partial charge in [0.2, 0.25) is 0 Å². The highest BCUT2D eigenvalue weighted by atomic mass is 35.5. The van der Waals surface area contributed by atoms with Crippen LogP contribution in [-0.4, -0.2) is 22.8 Å². The number of halogens is 1. The van der Waals surface area contributed by atoms with Crippen molar-refractivity contribution in [3.05, 3.63) is 81.0 Å². The molecule has 0 saturated carbocycles. The number of carbonyl (C=O) groups is 3. The lowest BCUT2D eigenvalue weighted by molar-refractivity contribution is 0.0845. The first-order valence-electron chi connectivity index (χ1n) is 7.99. The van der Waals surface area contributed by atoms with Crippen molar-refractivity contribution >= 4 is 46.3 Å². The summed E-state index contributed by atoms with van der Waals surface area (Å²) in [5.74, 6) is -1.85. The van der Waals surface area contributed by atoms with E-state index < -0.39 is 11.8 Å². The van der Waals surface area contributed by atoms with Gasteiger partial charge >= 0.3 is 0 Å². The molecule has 0 aliphatic carbocycles. The maximum absolute atomic E-state index is 12.3. The van der Waals surface area contributed by atoms with E-state index in [1.807, 2.05) is 0 Å². The number of carbonyl (C=O) groups excluding carboxylic acids is 3. The molecule has 28 heavy (non-hydrogen) atoms. The van der Waals surface area contributed by atoms with Crippen LogP contribution in [0.15, 0.2) is 60.0 Å². The second-order valence-electron chi connectivity index (χ2n) is 5.55. The van der Waals surface area contributed by atoms with Gasteiger partial charge in [0.1, 0.15) is 5.75 Å². The van der Waals surface area contributed by atoms with Crippen LogP contribution in [0.2, 0.25) is 5.02 Å². The molecule has 0 bridgehead atoms. The summed E-state index contributed by atoms with van der Waals surface area (Å²) in [5, 5.41) is 14.3. The minimum Gasteiger partial charge on any atom is -0.507 e. The van der Waals surface area contributed by atoms with Gasteiger partial charge in [0.25, 0.3) is 17.7 Å². The van der Waals surface area contributed by atoms with Crippen LogP contribution in [0.5, 0.6) is 5.75 Å². The van der Waals surface area contributed by atoms with Gasteiger partial charge in [-0.25, -0.2) is 0 Å². The first kappa shape index (κ1) is 19.4. The Labute approximate surface area is 168 Å². The van der Waals surface area contributed by atoms with E-state index >= 15 is 0 Å². The number of thiophene rings is 1. The summed E-state index contributed by atoms with van der Waals surface area (Å²) in [5.41, 5.74) is 4.92. The third kappa shape index (κ3) is 4.48. The maximum Gasteiger partial charge on any atom is 0.273 e. The fourth-order valence-corrected chi connectivity index (χ4v) is 3.06. The van der Waals surface area contributed by atoms with Gasteiger partial charge in [-0.2, -0.15) is 0 Å². The van der Waals surface area contributed by atoms with E-state index in [4.69, 9.17) is 11.6 Å². The number of para-hydroxylation sites is 1. The monoisotopic (exact) mass is 415 g/mol. The summed E-state index contributed by atoms with van der Waals surface area (Å²) in [7, 11) is 0. The van der Waals surface area contributed by atoms with Gasteiger partial charge < -0.3 is 10.4 Å². The Hall–Kier alpha value is -3.36. The van der Waals surface area contributed by atoms with Crippen LogP contribution in [0.1, 0.15) is 30.4 Å².